The number of carbonyl (C=O) groups is 1. The second-order valence-electron chi connectivity index (χ2n) is 8.16. The Morgan fingerprint density at radius 1 is 1.28 bits per heavy atom. The van der Waals surface area contributed by atoms with E-state index in [2.05, 4.69) is 28.8 Å². The van der Waals surface area contributed by atoms with Gasteiger partial charge in [0.05, 0.1) is 23.9 Å². The summed E-state index contributed by atoms with van der Waals surface area (Å²) in [5.74, 6) is 10.4. The van der Waals surface area contributed by atoms with E-state index in [1.807, 2.05) is 6.07 Å². The number of aryl methyl sites for hydroxylation is 1. The van der Waals surface area contributed by atoms with E-state index in [9.17, 15) is 23.4 Å². The summed E-state index contributed by atoms with van der Waals surface area (Å²) in [5.41, 5.74) is 2.90. The maximum atomic E-state index is 12.1. The highest BCUT2D eigenvalue weighted by Crippen LogP contribution is 2.25. The van der Waals surface area contributed by atoms with Crippen molar-refractivity contribution in [1.82, 2.24) is 15.3 Å². The zero-order valence-corrected chi connectivity index (χ0v) is 18.6. The standard InChI is InChI=1S/C22H25N3O6S/c1-22(21(28)24-29,32(2,30)31)9-10-25-18-8-7-15(11-17(18)14-23-25)5-3-4-6-16-12-19(26)20(27)13-16/h7-8,11,14,16,19-20,26-27,29H,9-10,12-13H2,1-2H3,(H,24,28)/t16?,19-,20+,22-/m1/s1. The molecule has 0 saturated heterocycles. The van der Waals surface area contributed by atoms with Crippen LogP contribution in [0.5, 0.6) is 0 Å². The molecule has 3 rings (SSSR count). The predicted octanol–water partition coefficient (Wildman–Crippen LogP) is 0.222. The lowest BCUT2D eigenvalue weighted by Crippen LogP contribution is -2.49. The molecule has 170 valence electrons. The molecule has 1 heterocycles. The number of fused-ring (bicyclic) bond motifs is 1. The minimum atomic E-state index is -3.79. The highest BCUT2D eigenvalue weighted by Gasteiger charge is 2.43. The molecule has 0 radical (unpaired) electrons. The molecule has 1 aliphatic rings. The van der Waals surface area contributed by atoms with Gasteiger partial charge in [-0.15, -0.1) is 0 Å². The molecule has 1 fully saturated rings. The average molecular weight is 460 g/mol. The highest BCUT2D eigenvalue weighted by atomic mass is 32.2. The summed E-state index contributed by atoms with van der Waals surface area (Å²) in [5, 5.41) is 33.1. The molecular weight excluding hydrogens is 434 g/mol. The molecule has 0 spiro atoms. The van der Waals surface area contributed by atoms with Gasteiger partial charge in [0.25, 0.3) is 5.91 Å². The number of hydroxylamine groups is 1. The number of benzene rings is 1. The number of nitrogens with zero attached hydrogens (tertiary/aromatic N) is 2. The summed E-state index contributed by atoms with van der Waals surface area (Å²) in [6.07, 6.45) is 1.94. The molecule has 1 aromatic carbocycles. The van der Waals surface area contributed by atoms with Crippen molar-refractivity contribution < 1.29 is 28.6 Å². The molecule has 1 saturated carbocycles. The predicted molar refractivity (Wildman–Crippen MR) is 117 cm³/mol. The number of rotatable bonds is 5. The molecule has 4 atom stereocenters. The summed E-state index contributed by atoms with van der Waals surface area (Å²) >= 11 is 0. The van der Waals surface area contributed by atoms with Crippen LogP contribution in [0.1, 0.15) is 31.7 Å². The van der Waals surface area contributed by atoms with Crippen LogP contribution in [-0.2, 0) is 21.2 Å². The van der Waals surface area contributed by atoms with Crippen molar-refractivity contribution in [2.75, 3.05) is 6.26 Å². The maximum Gasteiger partial charge on any atom is 0.264 e. The van der Waals surface area contributed by atoms with Crippen molar-refractivity contribution in [1.29, 1.82) is 0 Å². The molecule has 0 aliphatic heterocycles. The Morgan fingerprint density at radius 3 is 2.59 bits per heavy atom. The van der Waals surface area contributed by atoms with Crippen LogP contribution in [0.4, 0.5) is 0 Å². The Labute approximate surface area is 186 Å². The van der Waals surface area contributed by atoms with Gasteiger partial charge in [-0.25, -0.2) is 13.9 Å². The summed E-state index contributed by atoms with van der Waals surface area (Å²) in [6.45, 7) is 1.41. The van der Waals surface area contributed by atoms with E-state index in [1.54, 1.807) is 23.0 Å². The first-order chi connectivity index (χ1) is 15.0. The topological polar surface area (TPSA) is 142 Å². The Hall–Kier alpha value is -2.89. The Kier molecular flexibility index (Phi) is 6.91. The van der Waals surface area contributed by atoms with Gasteiger partial charge < -0.3 is 10.2 Å². The van der Waals surface area contributed by atoms with Gasteiger partial charge in [-0.1, -0.05) is 11.8 Å². The van der Waals surface area contributed by atoms with Crippen LogP contribution in [0, 0.1) is 29.6 Å². The molecule has 1 amide bonds. The van der Waals surface area contributed by atoms with E-state index in [-0.39, 0.29) is 18.9 Å². The zero-order valence-electron chi connectivity index (χ0n) is 17.7. The van der Waals surface area contributed by atoms with E-state index < -0.39 is 32.7 Å². The fourth-order valence-corrected chi connectivity index (χ4v) is 4.45. The van der Waals surface area contributed by atoms with Gasteiger partial charge in [0, 0.05) is 29.7 Å². The van der Waals surface area contributed by atoms with Crippen molar-refractivity contribution in [2.24, 2.45) is 5.92 Å². The average Bonchev–Trinajstić information content (AvgIpc) is 3.29. The molecule has 1 aliphatic carbocycles. The fourth-order valence-electron chi connectivity index (χ4n) is 3.60. The van der Waals surface area contributed by atoms with E-state index >= 15 is 0 Å². The molecule has 10 heteroatoms. The van der Waals surface area contributed by atoms with Gasteiger partial charge in [-0.3, -0.25) is 14.7 Å². The summed E-state index contributed by atoms with van der Waals surface area (Å²) in [6, 6.07) is 5.41. The lowest BCUT2D eigenvalue weighted by Gasteiger charge is -2.25. The Balaban J connectivity index is 1.73. The van der Waals surface area contributed by atoms with Crippen LogP contribution >= 0.6 is 0 Å². The smallest absolute Gasteiger partial charge is 0.264 e. The number of aliphatic hydroxyl groups is 2. The van der Waals surface area contributed by atoms with Gasteiger partial charge in [0.15, 0.2) is 14.6 Å². The molecule has 1 aromatic heterocycles. The van der Waals surface area contributed by atoms with Crippen LogP contribution in [0.2, 0.25) is 0 Å². The van der Waals surface area contributed by atoms with Crippen molar-refractivity contribution in [3.63, 3.8) is 0 Å². The van der Waals surface area contributed by atoms with Gasteiger partial charge in [0.2, 0.25) is 0 Å². The first kappa shape index (κ1) is 23.8. The lowest BCUT2D eigenvalue weighted by molar-refractivity contribution is -0.131. The van der Waals surface area contributed by atoms with Gasteiger partial charge in [0.1, 0.15) is 0 Å². The first-order valence-corrected chi connectivity index (χ1v) is 11.9. The fraction of sp³-hybridized carbons (Fsp3) is 0.455. The quantitative estimate of drug-likeness (QED) is 0.285. The normalized spacial score (nSPS) is 22.3. The number of nitrogens with one attached hydrogen (secondary N) is 1. The Morgan fingerprint density at radius 2 is 1.97 bits per heavy atom. The van der Waals surface area contributed by atoms with Gasteiger partial charge in [-0.2, -0.15) is 5.10 Å². The molecule has 32 heavy (non-hydrogen) atoms. The number of aliphatic hydroxyl groups excluding tert-OH is 2. The van der Waals surface area contributed by atoms with Gasteiger partial charge in [-0.05, 0) is 56.2 Å². The van der Waals surface area contributed by atoms with E-state index in [1.165, 1.54) is 12.4 Å². The maximum absolute atomic E-state index is 12.1. The number of aromatic nitrogens is 2. The van der Waals surface area contributed by atoms with E-state index in [0.29, 0.717) is 12.8 Å². The SMILES string of the molecule is C[C@@](CCn1ncc2cc(C#CC#CC3C[C@@H](O)[C@@H](O)C3)ccc21)(C(=O)NO)S(C)(=O)=O. The molecular formula is C22H25N3O6S. The van der Waals surface area contributed by atoms with Crippen molar-refractivity contribution in [3.8, 4) is 23.7 Å². The molecule has 4 N–H and O–H groups in total. The number of hydrogen-bond acceptors (Lipinski definition) is 7. The highest BCUT2D eigenvalue weighted by molar-refractivity contribution is 7.92. The third-order valence-corrected chi connectivity index (χ3v) is 7.91. The third kappa shape index (κ3) is 4.95. The minimum absolute atomic E-state index is 0.0689. The van der Waals surface area contributed by atoms with Crippen molar-refractivity contribution >= 4 is 26.6 Å². The monoisotopic (exact) mass is 459 g/mol. The number of hydrogen-bond donors (Lipinski definition) is 4. The van der Waals surface area contributed by atoms with Crippen molar-refractivity contribution in [3.05, 3.63) is 30.0 Å². The van der Waals surface area contributed by atoms with Gasteiger partial charge >= 0.3 is 0 Å². The van der Waals surface area contributed by atoms with Crippen LogP contribution in [0.3, 0.4) is 0 Å². The van der Waals surface area contributed by atoms with E-state index in [0.717, 1.165) is 22.7 Å². The van der Waals surface area contributed by atoms with Crippen LogP contribution in [0.25, 0.3) is 10.9 Å². The number of amides is 1. The zero-order chi connectivity index (χ0) is 23.5. The lowest BCUT2D eigenvalue weighted by atomic mass is 10.1. The second-order valence-corrected chi connectivity index (χ2v) is 10.6. The molecule has 0 bridgehead atoms. The van der Waals surface area contributed by atoms with Crippen molar-refractivity contribution in [2.45, 2.75) is 49.7 Å². The number of carbonyl (C=O) groups excluding carboxylic acids is 1. The second kappa shape index (κ2) is 9.31. The van der Waals surface area contributed by atoms with Crippen LogP contribution in [0.15, 0.2) is 24.4 Å². The summed E-state index contributed by atoms with van der Waals surface area (Å²) in [7, 11) is -3.79. The largest absolute Gasteiger partial charge is 0.390 e. The Bertz CT molecular complexity index is 1240. The van der Waals surface area contributed by atoms with E-state index in [4.69, 9.17) is 5.21 Å². The third-order valence-electron chi connectivity index (χ3n) is 5.88. The molecule has 2 aromatic rings. The number of sulfone groups is 1. The summed E-state index contributed by atoms with van der Waals surface area (Å²) in [4.78, 5) is 12.0. The molecule has 1 unspecified atom stereocenters. The minimum Gasteiger partial charge on any atom is -0.390 e. The van der Waals surface area contributed by atoms with Crippen LogP contribution < -0.4 is 5.48 Å². The summed E-state index contributed by atoms with van der Waals surface area (Å²) < 4.78 is 24.0. The molecule has 9 nitrogen and oxygen atoms in total. The van der Waals surface area contributed by atoms with Crippen LogP contribution in [-0.4, -0.2) is 62.7 Å². The first-order valence-electron chi connectivity index (χ1n) is 10.0.